The second-order valence-corrected chi connectivity index (χ2v) is 5.10. The topological polar surface area (TPSA) is 37.3 Å². The molecule has 2 nitrogen and oxygen atoms in total. The first kappa shape index (κ1) is 7.84. The van der Waals surface area contributed by atoms with E-state index in [0.717, 1.165) is 24.2 Å². The van der Waals surface area contributed by atoms with E-state index in [9.17, 15) is 4.79 Å². The van der Waals surface area contributed by atoms with Crippen LogP contribution in [0.3, 0.4) is 0 Å². The molecular formula is C11H16O2. The predicted octanol–water partition coefficient (Wildman–Crippen LogP) is 2.14. The molecule has 4 unspecified atom stereocenters. The summed E-state index contributed by atoms with van der Waals surface area (Å²) in [5, 5.41) is 9.09. The molecule has 13 heavy (non-hydrogen) atoms. The second kappa shape index (κ2) is 2.49. The molecule has 3 aliphatic rings. The number of carboxylic acid groups (broad SMARTS) is 1. The Hall–Kier alpha value is -0.530. The fourth-order valence-corrected chi connectivity index (χ4v) is 4.36. The lowest BCUT2D eigenvalue weighted by Gasteiger charge is -2.26. The van der Waals surface area contributed by atoms with Gasteiger partial charge in [-0.25, -0.2) is 0 Å². The van der Waals surface area contributed by atoms with E-state index in [-0.39, 0.29) is 5.92 Å². The normalized spacial score (nSPS) is 52.5. The summed E-state index contributed by atoms with van der Waals surface area (Å²) < 4.78 is 0. The Balaban J connectivity index is 1.87. The van der Waals surface area contributed by atoms with Crippen molar-refractivity contribution in [2.45, 2.75) is 32.1 Å². The van der Waals surface area contributed by atoms with Gasteiger partial charge in [0.05, 0.1) is 5.92 Å². The number of rotatable bonds is 1. The molecule has 0 aromatic heterocycles. The molecule has 72 valence electrons. The summed E-state index contributed by atoms with van der Waals surface area (Å²) in [6.07, 6.45) is 6.20. The van der Waals surface area contributed by atoms with Gasteiger partial charge in [0.1, 0.15) is 0 Å². The largest absolute Gasteiger partial charge is 0.481 e. The molecule has 0 spiro atoms. The van der Waals surface area contributed by atoms with Crippen LogP contribution in [0.25, 0.3) is 0 Å². The van der Waals surface area contributed by atoms with Crippen LogP contribution in [-0.4, -0.2) is 11.1 Å². The first-order valence-corrected chi connectivity index (χ1v) is 5.50. The Kier molecular flexibility index (Phi) is 1.50. The molecule has 3 fully saturated rings. The Bertz CT molecular complexity index is 248. The average Bonchev–Trinajstić information content (AvgIpc) is 2.76. The molecule has 1 N–H and O–H groups in total. The first-order valence-electron chi connectivity index (χ1n) is 5.50. The minimum atomic E-state index is -0.528. The molecule has 0 aromatic rings. The molecule has 0 radical (unpaired) electrons. The zero-order valence-corrected chi connectivity index (χ0v) is 7.78. The van der Waals surface area contributed by atoms with Gasteiger partial charge in [0, 0.05) is 0 Å². The van der Waals surface area contributed by atoms with E-state index in [1.165, 1.54) is 25.7 Å². The molecule has 2 bridgehead atoms. The minimum Gasteiger partial charge on any atom is -0.481 e. The smallest absolute Gasteiger partial charge is 0.306 e. The molecule has 0 saturated heterocycles. The number of fused-ring (bicyclic) bond motifs is 5. The fourth-order valence-electron chi connectivity index (χ4n) is 4.36. The van der Waals surface area contributed by atoms with Crippen molar-refractivity contribution in [3.8, 4) is 0 Å². The van der Waals surface area contributed by atoms with Gasteiger partial charge in [-0.3, -0.25) is 4.79 Å². The van der Waals surface area contributed by atoms with Crippen molar-refractivity contribution in [1.82, 2.24) is 0 Å². The number of carbonyl (C=O) groups is 1. The Labute approximate surface area is 78.3 Å². The zero-order valence-electron chi connectivity index (χ0n) is 7.78. The highest BCUT2D eigenvalue weighted by molar-refractivity contribution is 5.71. The Morgan fingerprint density at radius 2 is 1.85 bits per heavy atom. The van der Waals surface area contributed by atoms with Gasteiger partial charge in [0.15, 0.2) is 0 Å². The van der Waals surface area contributed by atoms with Gasteiger partial charge in [-0.2, -0.15) is 0 Å². The van der Waals surface area contributed by atoms with Gasteiger partial charge in [-0.1, -0.05) is 0 Å². The number of carboxylic acids is 1. The molecule has 2 heteroatoms. The van der Waals surface area contributed by atoms with Crippen LogP contribution in [0.1, 0.15) is 32.1 Å². The molecule has 0 aliphatic heterocycles. The van der Waals surface area contributed by atoms with Crippen LogP contribution in [-0.2, 0) is 4.79 Å². The average molecular weight is 180 g/mol. The zero-order chi connectivity index (χ0) is 9.00. The van der Waals surface area contributed by atoms with Crippen LogP contribution >= 0.6 is 0 Å². The molecule has 3 aliphatic carbocycles. The maximum absolute atomic E-state index is 11.0. The van der Waals surface area contributed by atoms with E-state index in [1.54, 1.807) is 0 Å². The molecule has 0 amide bonds. The van der Waals surface area contributed by atoms with Gasteiger partial charge >= 0.3 is 5.97 Å². The van der Waals surface area contributed by atoms with Gasteiger partial charge < -0.3 is 5.11 Å². The summed E-state index contributed by atoms with van der Waals surface area (Å²) >= 11 is 0. The van der Waals surface area contributed by atoms with Crippen molar-refractivity contribution >= 4 is 5.97 Å². The van der Waals surface area contributed by atoms with Crippen molar-refractivity contribution in [2.75, 3.05) is 0 Å². The number of aliphatic carboxylic acids is 1. The molecule has 3 saturated carbocycles. The summed E-state index contributed by atoms with van der Waals surface area (Å²) in [7, 11) is 0. The van der Waals surface area contributed by atoms with E-state index >= 15 is 0 Å². The van der Waals surface area contributed by atoms with Crippen LogP contribution in [0, 0.1) is 29.6 Å². The van der Waals surface area contributed by atoms with Crippen LogP contribution in [0.4, 0.5) is 0 Å². The number of hydrogen-bond donors (Lipinski definition) is 1. The summed E-state index contributed by atoms with van der Waals surface area (Å²) in [6.45, 7) is 0. The molecule has 0 aromatic carbocycles. The van der Waals surface area contributed by atoms with Gasteiger partial charge in [-0.05, 0) is 55.8 Å². The third-order valence-corrected chi connectivity index (χ3v) is 4.75. The van der Waals surface area contributed by atoms with Crippen molar-refractivity contribution in [2.24, 2.45) is 29.6 Å². The lowest BCUT2D eigenvalue weighted by molar-refractivity contribution is -0.143. The predicted molar refractivity (Wildman–Crippen MR) is 48.2 cm³/mol. The van der Waals surface area contributed by atoms with E-state index in [4.69, 9.17) is 5.11 Å². The lowest BCUT2D eigenvalue weighted by Crippen LogP contribution is -2.26. The third kappa shape index (κ3) is 0.918. The Morgan fingerprint density at radius 1 is 1.08 bits per heavy atom. The van der Waals surface area contributed by atoms with Crippen LogP contribution in [0.5, 0.6) is 0 Å². The third-order valence-electron chi connectivity index (χ3n) is 4.75. The molecule has 5 atom stereocenters. The first-order chi connectivity index (χ1) is 6.27. The lowest BCUT2D eigenvalue weighted by atomic mass is 9.78. The highest BCUT2D eigenvalue weighted by Crippen LogP contribution is 2.60. The molecular weight excluding hydrogens is 164 g/mol. The monoisotopic (exact) mass is 180 g/mol. The SMILES string of the molecule is O=C(O)[C@@H]1CCC2C3CCC(C3)C21. The van der Waals surface area contributed by atoms with Crippen molar-refractivity contribution in [1.29, 1.82) is 0 Å². The van der Waals surface area contributed by atoms with Crippen LogP contribution < -0.4 is 0 Å². The summed E-state index contributed by atoms with van der Waals surface area (Å²) in [5.41, 5.74) is 0. The fraction of sp³-hybridized carbons (Fsp3) is 0.909. The van der Waals surface area contributed by atoms with E-state index in [2.05, 4.69) is 0 Å². The van der Waals surface area contributed by atoms with Crippen molar-refractivity contribution in [3.05, 3.63) is 0 Å². The quantitative estimate of drug-likeness (QED) is 0.671. The molecule has 0 heterocycles. The highest BCUT2D eigenvalue weighted by Gasteiger charge is 2.55. The highest BCUT2D eigenvalue weighted by atomic mass is 16.4. The summed E-state index contributed by atoms with van der Waals surface area (Å²) in [5.74, 6) is 2.52. The standard InChI is InChI=1S/C11H16O2/c12-11(13)9-4-3-8-6-1-2-7(5-6)10(8)9/h6-10H,1-5H2,(H,12,13)/t6?,7?,8?,9-,10?/m1/s1. The van der Waals surface area contributed by atoms with Crippen molar-refractivity contribution in [3.63, 3.8) is 0 Å². The number of hydrogen-bond acceptors (Lipinski definition) is 1. The van der Waals surface area contributed by atoms with Gasteiger partial charge in [0.25, 0.3) is 0 Å². The van der Waals surface area contributed by atoms with Crippen molar-refractivity contribution < 1.29 is 9.90 Å². The maximum atomic E-state index is 11.0. The minimum absolute atomic E-state index is 0.0142. The van der Waals surface area contributed by atoms with Gasteiger partial charge in [-0.15, -0.1) is 0 Å². The molecule has 3 rings (SSSR count). The van der Waals surface area contributed by atoms with E-state index in [0.29, 0.717) is 5.92 Å². The van der Waals surface area contributed by atoms with E-state index < -0.39 is 5.97 Å². The second-order valence-electron chi connectivity index (χ2n) is 5.10. The van der Waals surface area contributed by atoms with Crippen LogP contribution in [0.15, 0.2) is 0 Å². The van der Waals surface area contributed by atoms with Crippen LogP contribution in [0.2, 0.25) is 0 Å². The van der Waals surface area contributed by atoms with E-state index in [1.807, 2.05) is 0 Å². The Morgan fingerprint density at radius 3 is 2.62 bits per heavy atom. The van der Waals surface area contributed by atoms with Gasteiger partial charge in [0.2, 0.25) is 0 Å². The summed E-state index contributed by atoms with van der Waals surface area (Å²) in [6, 6.07) is 0. The maximum Gasteiger partial charge on any atom is 0.306 e. The summed E-state index contributed by atoms with van der Waals surface area (Å²) in [4.78, 5) is 11.0.